The monoisotopic (exact) mass is 369 g/mol. The molecule has 1 aromatic rings. The number of nitrogens with one attached hydrogen (secondary N) is 1. The highest BCUT2D eigenvalue weighted by Crippen LogP contribution is 2.30. The van der Waals surface area contributed by atoms with Crippen LogP contribution in [0.3, 0.4) is 0 Å². The van der Waals surface area contributed by atoms with E-state index in [0.29, 0.717) is 0 Å². The van der Waals surface area contributed by atoms with Crippen LogP contribution in [0.5, 0.6) is 0 Å². The van der Waals surface area contributed by atoms with Gasteiger partial charge in [0, 0.05) is 12.0 Å². The van der Waals surface area contributed by atoms with Crippen LogP contribution in [0.25, 0.3) is 0 Å². The van der Waals surface area contributed by atoms with Gasteiger partial charge in [-0.3, -0.25) is 0 Å². The van der Waals surface area contributed by atoms with Crippen molar-refractivity contribution >= 4 is 43.1 Å². The summed E-state index contributed by atoms with van der Waals surface area (Å²) in [6.45, 7) is 5.22. The van der Waals surface area contributed by atoms with Gasteiger partial charge in [-0.1, -0.05) is 19.0 Å². The van der Waals surface area contributed by atoms with Crippen LogP contribution in [-0.2, 0) is 10.0 Å². The van der Waals surface area contributed by atoms with Crippen LogP contribution in [0.15, 0.2) is 19.2 Å². The number of halogens is 1. The number of oxime groups is 1. The van der Waals surface area contributed by atoms with Crippen molar-refractivity contribution in [2.24, 2.45) is 16.3 Å². The minimum absolute atomic E-state index is 0.0289. The molecule has 0 saturated heterocycles. The smallest absolute Gasteiger partial charge is 0.250 e. The van der Waals surface area contributed by atoms with Gasteiger partial charge in [-0.2, -0.15) is 0 Å². The van der Waals surface area contributed by atoms with Gasteiger partial charge in [0.25, 0.3) is 0 Å². The van der Waals surface area contributed by atoms with Gasteiger partial charge in [-0.05, 0) is 34.5 Å². The van der Waals surface area contributed by atoms with Gasteiger partial charge in [0.05, 0.1) is 3.79 Å². The molecule has 1 heterocycles. The molecular weight excluding hydrogens is 354 g/mol. The Morgan fingerprint density at radius 1 is 1.63 bits per heavy atom. The summed E-state index contributed by atoms with van der Waals surface area (Å²) in [5.41, 5.74) is 5.60. The fourth-order valence-electron chi connectivity index (χ4n) is 1.14. The van der Waals surface area contributed by atoms with Crippen LogP contribution >= 0.6 is 27.3 Å². The second kappa shape index (κ2) is 5.78. The Morgan fingerprint density at radius 2 is 2.21 bits per heavy atom. The molecule has 0 amide bonds. The minimum Gasteiger partial charge on any atom is -0.409 e. The molecule has 0 spiro atoms. The third-order valence-corrected chi connectivity index (χ3v) is 6.62. The number of rotatable bonds is 5. The molecule has 0 fully saturated rings. The number of amidine groups is 1. The molecule has 0 radical (unpaired) electrons. The van der Waals surface area contributed by atoms with Crippen molar-refractivity contribution in [3.63, 3.8) is 0 Å². The van der Waals surface area contributed by atoms with Gasteiger partial charge in [0.15, 0.2) is 0 Å². The summed E-state index contributed by atoms with van der Waals surface area (Å²) in [7, 11) is -3.59. The molecule has 0 aromatic carbocycles. The summed E-state index contributed by atoms with van der Waals surface area (Å²) < 4.78 is 27.7. The zero-order chi connectivity index (χ0) is 14.8. The summed E-state index contributed by atoms with van der Waals surface area (Å²) in [5, 5.41) is 11.5. The van der Waals surface area contributed by atoms with E-state index in [1.54, 1.807) is 19.9 Å². The Morgan fingerprint density at radius 3 is 2.63 bits per heavy atom. The van der Waals surface area contributed by atoms with E-state index in [4.69, 9.17) is 10.9 Å². The SMILES string of the molecule is Cc1cc(S(=O)(=O)NCC(C)(C)/C(N)=N/O)sc1Br. The lowest BCUT2D eigenvalue weighted by Gasteiger charge is -2.22. The summed E-state index contributed by atoms with van der Waals surface area (Å²) in [6.07, 6.45) is 0. The number of thiophene rings is 1. The van der Waals surface area contributed by atoms with Crippen LogP contribution in [0, 0.1) is 12.3 Å². The van der Waals surface area contributed by atoms with E-state index in [2.05, 4.69) is 25.8 Å². The predicted octanol–water partition coefficient (Wildman–Crippen LogP) is 1.87. The van der Waals surface area contributed by atoms with Gasteiger partial charge < -0.3 is 10.9 Å². The second-order valence-electron chi connectivity index (χ2n) is 4.72. The first-order valence-electron chi connectivity index (χ1n) is 5.34. The highest BCUT2D eigenvalue weighted by atomic mass is 79.9. The van der Waals surface area contributed by atoms with Crippen molar-refractivity contribution < 1.29 is 13.6 Å². The second-order valence-corrected chi connectivity index (χ2v) is 9.08. The van der Waals surface area contributed by atoms with E-state index in [9.17, 15) is 8.42 Å². The molecule has 19 heavy (non-hydrogen) atoms. The Balaban J connectivity index is 2.88. The van der Waals surface area contributed by atoms with Gasteiger partial charge in [0.2, 0.25) is 10.0 Å². The van der Waals surface area contributed by atoms with Crippen molar-refractivity contribution in [3.8, 4) is 0 Å². The molecule has 0 unspecified atom stereocenters. The first-order chi connectivity index (χ1) is 8.60. The first-order valence-corrected chi connectivity index (χ1v) is 8.43. The molecule has 6 nitrogen and oxygen atoms in total. The average Bonchev–Trinajstić information content (AvgIpc) is 2.67. The fraction of sp³-hybridized carbons (Fsp3) is 0.500. The van der Waals surface area contributed by atoms with Gasteiger partial charge in [0.1, 0.15) is 10.0 Å². The number of aryl methyl sites for hydroxylation is 1. The number of sulfonamides is 1. The fourth-order valence-corrected chi connectivity index (χ4v) is 4.62. The zero-order valence-electron chi connectivity index (χ0n) is 10.8. The lowest BCUT2D eigenvalue weighted by atomic mass is 9.93. The maximum atomic E-state index is 12.1. The van der Waals surface area contributed by atoms with Crippen LogP contribution in [0.1, 0.15) is 19.4 Å². The standard InChI is InChI=1S/C10H16BrN3O3S2/c1-6-4-7(18-8(6)11)19(16,17)13-5-10(2,3)9(12)14-15/h4,13,15H,5H2,1-3H3,(H2,12,14). The third kappa shape index (κ3) is 3.91. The normalized spacial score (nSPS) is 13.8. The molecule has 0 aliphatic heterocycles. The molecule has 1 rings (SSSR count). The van der Waals surface area contributed by atoms with Gasteiger partial charge in [-0.25, -0.2) is 13.1 Å². The van der Waals surface area contributed by atoms with E-state index in [0.717, 1.165) is 20.7 Å². The van der Waals surface area contributed by atoms with Crippen molar-refractivity contribution in [1.29, 1.82) is 0 Å². The van der Waals surface area contributed by atoms with Crippen molar-refractivity contribution in [3.05, 3.63) is 15.4 Å². The highest BCUT2D eigenvalue weighted by Gasteiger charge is 2.27. The van der Waals surface area contributed by atoms with E-state index in [1.165, 1.54) is 0 Å². The Hall–Kier alpha value is -0.640. The molecule has 9 heteroatoms. The van der Waals surface area contributed by atoms with Crippen molar-refractivity contribution in [2.45, 2.75) is 25.0 Å². The van der Waals surface area contributed by atoms with Gasteiger partial charge >= 0.3 is 0 Å². The number of hydrogen-bond donors (Lipinski definition) is 3. The topological polar surface area (TPSA) is 105 Å². The lowest BCUT2D eigenvalue weighted by molar-refractivity contribution is 0.307. The van der Waals surface area contributed by atoms with Crippen LogP contribution in [0.4, 0.5) is 0 Å². The molecular formula is C10H16BrN3O3S2. The summed E-state index contributed by atoms with van der Waals surface area (Å²) in [6, 6.07) is 1.59. The molecule has 0 atom stereocenters. The average molecular weight is 370 g/mol. The number of hydrogen-bond acceptors (Lipinski definition) is 5. The molecule has 4 N–H and O–H groups in total. The van der Waals surface area contributed by atoms with Crippen molar-refractivity contribution in [1.82, 2.24) is 4.72 Å². The maximum absolute atomic E-state index is 12.1. The van der Waals surface area contributed by atoms with E-state index >= 15 is 0 Å². The van der Waals surface area contributed by atoms with E-state index in [1.807, 2.05) is 6.92 Å². The summed E-state index contributed by atoms with van der Waals surface area (Å²) >= 11 is 4.43. The highest BCUT2D eigenvalue weighted by molar-refractivity contribution is 9.11. The van der Waals surface area contributed by atoms with Gasteiger partial charge in [-0.15, -0.1) is 11.3 Å². The Kier molecular flexibility index (Phi) is 4.99. The molecule has 0 bridgehead atoms. The molecule has 108 valence electrons. The Labute approximate surface area is 124 Å². The quantitative estimate of drug-likeness (QED) is 0.318. The van der Waals surface area contributed by atoms with Crippen molar-refractivity contribution in [2.75, 3.05) is 6.54 Å². The van der Waals surface area contributed by atoms with E-state index < -0.39 is 15.4 Å². The molecule has 0 aliphatic carbocycles. The van der Waals surface area contributed by atoms with Crippen LogP contribution in [0.2, 0.25) is 0 Å². The molecule has 1 aromatic heterocycles. The van der Waals surface area contributed by atoms with E-state index in [-0.39, 0.29) is 16.6 Å². The molecule has 0 aliphatic rings. The van der Waals surface area contributed by atoms with Crippen LogP contribution < -0.4 is 10.5 Å². The minimum atomic E-state index is -3.59. The zero-order valence-corrected chi connectivity index (χ0v) is 14.0. The first kappa shape index (κ1) is 16.4. The molecule has 0 saturated carbocycles. The number of nitrogens with two attached hydrogens (primary N) is 1. The third-order valence-electron chi connectivity index (χ3n) is 2.60. The summed E-state index contributed by atoms with van der Waals surface area (Å²) in [5.74, 6) is -0.0289. The predicted molar refractivity (Wildman–Crippen MR) is 79.1 cm³/mol. The lowest BCUT2D eigenvalue weighted by Crippen LogP contribution is -2.42. The van der Waals surface area contributed by atoms with Crippen LogP contribution in [-0.4, -0.2) is 26.0 Å². The maximum Gasteiger partial charge on any atom is 0.250 e. The Bertz CT molecular complexity index is 574. The summed E-state index contributed by atoms with van der Waals surface area (Å²) in [4.78, 5) is 0. The number of nitrogens with zero attached hydrogens (tertiary/aromatic N) is 1. The largest absolute Gasteiger partial charge is 0.409 e.